The van der Waals surface area contributed by atoms with Gasteiger partial charge in [-0.1, -0.05) is 23.7 Å². The molecule has 0 amide bonds. The lowest BCUT2D eigenvalue weighted by Crippen LogP contribution is -2.49. The number of methoxy groups -OCH3 is 2. The fourth-order valence-corrected chi connectivity index (χ4v) is 3.70. The van der Waals surface area contributed by atoms with Crippen LogP contribution in [-0.4, -0.2) is 60.4 Å². The van der Waals surface area contributed by atoms with Crippen molar-refractivity contribution in [1.82, 2.24) is 9.80 Å². The minimum absolute atomic E-state index is 0.300. The van der Waals surface area contributed by atoms with Crippen LogP contribution in [0.2, 0.25) is 5.02 Å². The first-order valence-corrected chi connectivity index (χ1v) is 9.76. The van der Waals surface area contributed by atoms with Gasteiger partial charge < -0.3 is 24.8 Å². The number of aromatic hydroxyl groups is 1. The molecule has 150 valence electrons. The number of phenolic OH excluding ortho intramolecular Hbond substituents is 1. The lowest BCUT2D eigenvalue weighted by Gasteiger charge is -2.36. The number of nitrogens with one attached hydrogen (secondary N) is 1. The van der Waals surface area contributed by atoms with Crippen molar-refractivity contribution in [2.45, 2.75) is 6.54 Å². The molecule has 1 fully saturated rings. The van der Waals surface area contributed by atoms with Gasteiger partial charge in [-0.15, -0.1) is 0 Å². The summed E-state index contributed by atoms with van der Waals surface area (Å²) in [6, 6.07) is 10.9. The van der Waals surface area contributed by atoms with E-state index in [9.17, 15) is 5.11 Å². The molecule has 1 aliphatic rings. The number of piperazine rings is 1. The molecule has 1 heterocycles. The SMILES string of the molecule is COc1cc(NC(=S)N2CCN(Cc3cccc(O)c3)CC2)c(OC)cc1Cl. The summed E-state index contributed by atoms with van der Waals surface area (Å²) < 4.78 is 10.7. The molecule has 0 spiro atoms. The third kappa shape index (κ3) is 4.98. The van der Waals surface area contributed by atoms with Crippen molar-refractivity contribution < 1.29 is 14.6 Å². The van der Waals surface area contributed by atoms with Gasteiger partial charge in [0.15, 0.2) is 5.11 Å². The van der Waals surface area contributed by atoms with E-state index in [0.717, 1.165) is 44.0 Å². The molecular formula is C20H24ClN3O3S. The number of hydrogen-bond donors (Lipinski definition) is 2. The van der Waals surface area contributed by atoms with Gasteiger partial charge in [0.25, 0.3) is 0 Å². The summed E-state index contributed by atoms with van der Waals surface area (Å²) in [5.74, 6) is 1.47. The molecular weight excluding hydrogens is 398 g/mol. The average Bonchev–Trinajstić information content (AvgIpc) is 2.69. The monoisotopic (exact) mass is 421 g/mol. The molecule has 1 aliphatic heterocycles. The topological polar surface area (TPSA) is 57.2 Å². The number of rotatable bonds is 5. The molecule has 2 N–H and O–H groups in total. The van der Waals surface area contributed by atoms with Crippen molar-refractivity contribution in [2.75, 3.05) is 45.7 Å². The summed E-state index contributed by atoms with van der Waals surface area (Å²) in [4.78, 5) is 4.48. The molecule has 2 aromatic rings. The van der Waals surface area contributed by atoms with E-state index in [0.29, 0.717) is 27.4 Å². The standard InChI is InChI=1S/C20H24ClN3O3S/c1-26-18-12-17(19(27-2)11-16(18)21)22-20(28)24-8-6-23(7-9-24)13-14-4-3-5-15(25)10-14/h3-5,10-12,25H,6-9,13H2,1-2H3,(H,22,28). The molecule has 0 aliphatic carbocycles. The first kappa shape index (κ1) is 20.5. The molecule has 2 aromatic carbocycles. The fourth-order valence-electron chi connectivity index (χ4n) is 3.17. The highest BCUT2D eigenvalue weighted by Crippen LogP contribution is 2.36. The van der Waals surface area contributed by atoms with Crippen LogP contribution in [0.25, 0.3) is 0 Å². The number of hydrogen-bond acceptors (Lipinski definition) is 5. The summed E-state index contributed by atoms with van der Waals surface area (Å²) in [5, 5.41) is 14.0. The van der Waals surface area contributed by atoms with Crippen molar-refractivity contribution in [2.24, 2.45) is 0 Å². The summed E-state index contributed by atoms with van der Waals surface area (Å²) in [5.41, 5.74) is 1.82. The van der Waals surface area contributed by atoms with Crippen molar-refractivity contribution in [3.05, 3.63) is 47.0 Å². The molecule has 8 heteroatoms. The Balaban J connectivity index is 1.58. The smallest absolute Gasteiger partial charge is 0.173 e. The molecule has 0 radical (unpaired) electrons. The molecule has 1 saturated heterocycles. The third-order valence-corrected chi connectivity index (χ3v) is 5.35. The van der Waals surface area contributed by atoms with E-state index in [1.807, 2.05) is 12.1 Å². The maximum atomic E-state index is 9.62. The Bertz CT molecular complexity index is 841. The fraction of sp³-hybridized carbons (Fsp3) is 0.350. The van der Waals surface area contributed by atoms with Gasteiger partial charge in [0, 0.05) is 44.9 Å². The zero-order valence-corrected chi connectivity index (χ0v) is 17.5. The van der Waals surface area contributed by atoms with Crippen LogP contribution in [0.3, 0.4) is 0 Å². The predicted molar refractivity (Wildman–Crippen MR) is 116 cm³/mol. The maximum Gasteiger partial charge on any atom is 0.173 e. The lowest BCUT2D eigenvalue weighted by atomic mass is 10.2. The summed E-state index contributed by atoms with van der Waals surface area (Å²) in [6.45, 7) is 4.22. The summed E-state index contributed by atoms with van der Waals surface area (Å²) in [6.07, 6.45) is 0. The highest BCUT2D eigenvalue weighted by atomic mass is 35.5. The van der Waals surface area contributed by atoms with Crippen LogP contribution in [0.1, 0.15) is 5.56 Å². The second-order valence-electron chi connectivity index (χ2n) is 6.55. The van der Waals surface area contributed by atoms with E-state index < -0.39 is 0 Å². The largest absolute Gasteiger partial charge is 0.508 e. The van der Waals surface area contributed by atoms with Gasteiger partial charge in [-0.2, -0.15) is 0 Å². The van der Waals surface area contributed by atoms with Gasteiger partial charge in [0.05, 0.1) is 24.9 Å². The number of nitrogens with zero attached hydrogens (tertiary/aromatic N) is 2. The van der Waals surface area contributed by atoms with Gasteiger partial charge in [-0.3, -0.25) is 4.90 Å². The molecule has 28 heavy (non-hydrogen) atoms. The van der Waals surface area contributed by atoms with E-state index >= 15 is 0 Å². The van der Waals surface area contributed by atoms with E-state index in [1.165, 1.54) is 0 Å². The average molecular weight is 422 g/mol. The van der Waals surface area contributed by atoms with Crippen LogP contribution < -0.4 is 14.8 Å². The van der Waals surface area contributed by atoms with Gasteiger partial charge in [-0.05, 0) is 29.9 Å². The van der Waals surface area contributed by atoms with E-state index in [2.05, 4.69) is 15.1 Å². The highest BCUT2D eigenvalue weighted by Gasteiger charge is 2.20. The normalized spacial score (nSPS) is 14.6. The maximum absolute atomic E-state index is 9.62. The van der Waals surface area contributed by atoms with Crippen molar-refractivity contribution in [1.29, 1.82) is 0 Å². The Morgan fingerprint density at radius 3 is 2.46 bits per heavy atom. The number of thiocarbonyl (C=S) groups is 1. The molecule has 3 rings (SSSR count). The minimum atomic E-state index is 0.300. The molecule has 0 atom stereocenters. The summed E-state index contributed by atoms with van der Waals surface area (Å²) in [7, 11) is 3.16. The predicted octanol–water partition coefficient (Wildman–Crippen LogP) is 3.58. The van der Waals surface area contributed by atoms with Crippen molar-refractivity contribution in [3.8, 4) is 17.2 Å². The van der Waals surface area contributed by atoms with Gasteiger partial charge in [-0.25, -0.2) is 0 Å². The zero-order valence-electron chi connectivity index (χ0n) is 15.9. The molecule has 0 bridgehead atoms. The first-order valence-electron chi connectivity index (χ1n) is 8.98. The van der Waals surface area contributed by atoms with Crippen molar-refractivity contribution in [3.63, 3.8) is 0 Å². The quantitative estimate of drug-likeness (QED) is 0.715. The zero-order chi connectivity index (χ0) is 20.1. The summed E-state index contributed by atoms with van der Waals surface area (Å²) >= 11 is 11.8. The Morgan fingerprint density at radius 2 is 1.82 bits per heavy atom. The van der Waals surface area contributed by atoms with Crippen LogP contribution >= 0.6 is 23.8 Å². The third-order valence-electron chi connectivity index (χ3n) is 4.69. The van der Waals surface area contributed by atoms with Gasteiger partial charge in [0.2, 0.25) is 0 Å². The molecule has 0 aromatic heterocycles. The van der Waals surface area contributed by atoms with E-state index in [4.69, 9.17) is 33.3 Å². The van der Waals surface area contributed by atoms with Crippen LogP contribution in [0.5, 0.6) is 17.2 Å². The second-order valence-corrected chi connectivity index (χ2v) is 7.34. The highest BCUT2D eigenvalue weighted by molar-refractivity contribution is 7.80. The number of benzene rings is 2. The Labute approximate surface area is 175 Å². The van der Waals surface area contributed by atoms with E-state index in [-0.39, 0.29) is 0 Å². The van der Waals surface area contributed by atoms with Crippen LogP contribution in [0.4, 0.5) is 5.69 Å². The second kappa shape index (κ2) is 9.32. The Kier molecular flexibility index (Phi) is 6.83. The molecule has 0 saturated carbocycles. The van der Waals surface area contributed by atoms with Crippen LogP contribution in [0, 0.1) is 0 Å². The van der Waals surface area contributed by atoms with Crippen LogP contribution in [-0.2, 0) is 6.54 Å². The number of ether oxygens (including phenoxy) is 2. The Hall–Kier alpha value is -2.22. The van der Waals surface area contributed by atoms with Gasteiger partial charge >= 0.3 is 0 Å². The number of anilines is 1. The number of phenols is 1. The lowest BCUT2D eigenvalue weighted by molar-refractivity contribution is 0.177. The molecule has 0 unspecified atom stereocenters. The van der Waals surface area contributed by atoms with Crippen LogP contribution in [0.15, 0.2) is 36.4 Å². The van der Waals surface area contributed by atoms with Gasteiger partial charge in [0.1, 0.15) is 17.2 Å². The van der Waals surface area contributed by atoms with Crippen molar-refractivity contribution >= 4 is 34.6 Å². The van der Waals surface area contributed by atoms with E-state index in [1.54, 1.807) is 38.5 Å². The minimum Gasteiger partial charge on any atom is -0.508 e. The Morgan fingerprint density at radius 1 is 1.11 bits per heavy atom. The molecule has 6 nitrogen and oxygen atoms in total. The first-order chi connectivity index (χ1) is 13.5. The number of halogens is 1.